The number of aromatic hydroxyl groups is 1. The summed E-state index contributed by atoms with van der Waals surface area (Å²) in [6, 6.07) is 11.0. The first-order valence-corrected chi connectivity index (χ1v) is 7.41. The van der Waals surface area contributed by atoms with E-state index >= 15 is 0 Å². The fourth-order valence-electron chi connectivity index (χ4n) is 2.55. The van der Waals surface area contributed by atoms with E-state index in [2.05, 4.69) is 9.97 Å². The summed E-state index contributed by atoms with van der Waals surface area (Å²) in [5.41, 5.74) is 9.95. The van der Waals surface area contributed by atoms with Crippen LogP contribution in [0.5, 0.6) is 17.2 Å². The molecule has 0 aliphatic heterocycles. The van der Waals surface area contributed by atoms with Gasteiger partial charge in [0.15, 0.2) is 11.5 Å². The molecule has 0 saturated heterocycles. The number of nitrogens with two attached hydrogens (primary N) is 1. The van der Waals surface area contributed by atoms with Gasteiger partial charge in [0.1, 0.15) is 5.82 Å². The lowest BCUT2D eigenvalue weighted by atomic mass is 10.1. The van der Waals surface area contributed by atoms with Gasteiger partial charge in [-0.2, -0.15) is 0 Å². The molecule has 3 aromatic rings. The van der Waals surface area contributed by atoms with Crippen molar-refractivity contribution < 1.29 is 14.6 Å². The molecule has 0 radical (unpaired) electrons. The number of phenols is 1. The minimum Gasteiger partial charge on any atom is -0.502 e. The summed E-state index contributed by atoms with van der Waals surface area (Å²) in [4.78, 5) is 7.93. The van der Waals surface area contributed by atoms with Gasteiger partial charge in [0.05, 0.1) is 19.9 Å². The minimum absolute atomic E-state index is 0.0363. The van der Waals surface area contributed by atoms with Crippen molar-refractivity contribution >= 4 is 5.69 Å². The largest absolute Gasteiger partial charge is 0.502 e. The number of aryl methyl sites for hydroxylation is 1. The highest BCUT2D eigenvalue weighted by atomic mass is 16.5. The molecule has 0 amide bonds. The Bertz CT molecular complexity index is 845. The highest BCUT2D eigenvalue weighted by Crippen LogP contribution is 2.40. The lowest BCUT2D eigenvalue weighted by molar-refractivity contribution is 0.340. The van der Waals surface area contributed by atoms with E-state index in [4.69, 9.17) is 15.2 Å². The average Bonchev–Trinajstić information content (AvgIpc) is 2.97. The van der Waals surface area contributed by atoms with Gasteiger partial charge in [-0.25, -0.2) is 4.98 Å². The molecule has 3 rings (SSSR count). The number of nitrogen functional groups attached to an aromatic ring is 1. The summed E-state index contributed by atoms with van der Waals surface area (Å²) in [6.45, 7) is 1.96. The number of methoxy groups -OCH3 is 2. The van der Waals surface area contributed by atoms with E-state index in [0.29, 0.717) is 23.0 Å². The molecule has 0 aliphatic rings. The zero-order valence-corrected chi connectivity index (χ0v) is 13.8. The second-order valence-electron chi connectivity index (χ2n) is 5.41. The van der Waals surface area contributed by atoms with Crippen LogP contribution in [0.25, 0.3) is 22.6 Å². The Morgan fingerprint density at radius 1 is 1.00 bits per heavy atom. The number of rotatable bonds is 4. The number of hydrogen-bond acceptors (Lipinski definition) is 5. The normalized spacial score (nSPS) is 10.6. The van der Waals surface area contributed by atoms with Crippen LogP contribution in [0, 0.1) is 6.92 Å². The van der Waals surface area contributed by atoms with Gasteiger partial charge >= 0.3 is 0 Å². The van der Waals surface area contributed by atoms with Gasteiger partial charge < -0.3 is 25.3 Å². The third-order valence-electron chi connectivity index (χ3n) is 3.82. The first-order chi connectivity index (χ1) is 11.5. The fraction of sp³-hybridized carbons (Fsp3) is 0.167. The summed E-state index contributed by atoms with van der Waals surface area (Å²) in [5, 5.41) is 10.0. The molecule has 24 heavy (non-hydrogen) atoms. The Morgan fingerprint density at radius 2 is 1.58 bits per heavy atom. The number of aromatic amines is 1. The second kappa shape index (κ2) is 6.16. The number of ether oxygens (including phenoxy) is 2. The quantitative estimate of drug-likeness (QED) is 0.640. The molecule has 6 nitrogen and oxygen atoms in total. The van der Waals surface area contributed by atoms with Gasteiger partial charge in [-0.1, -0.05) is 12.1 Å². The third kappa shape index (κ3) is 2.74. The van der Waals surface area contributed by atoms with Crippen molar-refractivity contribution in [3.8, 4) is 39.9 Å². The van der Waals surface area contributed by atoms with Crippen molar-refractivity contribution in [1.29, 1.82) is 0 Å². The predicted octanol–water partition coefficient (Wildman–Crippen LogP) is 3.36. The Balaban J connectivity index is 2.08. The topological polar surface area (TPSA) is 93.4 Å². The van der Waals surface area contributed by atoms with Crippen LogP contribution < -0.4 is 15.2 Å². The van der Waals surface area contributed by atoms with Gasteiger partial charge in [0, 0.05) is 22.5 Å². The number of nitrogens with zero attached hydrogens (tertiary/aromatic N) is 1. The van der Waals surface area contributed by atoms with Crippen molar-refractivity contribution in [3.05, 3.63) is 42.1 Å². The Morgan fingerprint density at radius 3 is 2.12 bits per heavy atom. The van der Waals surface area contributed by atoms with Crippen molar-refractivity contribution in [2.24, 2.45) is 0 Å². The maximum Gasteiger partial charge on any atom is 0.200 e. The van der Waals surface area contributed by atoms with Crippen LogP contribution in [-0.4, -0.2) is 29.3 Å². The Kier molecular flexibility index (Phi) is 4.04. The molecule has 0 fully saturated rings. The highest BCUT2D eigenvalue weighted by molar-refractivity contribution is 5.71. The molecule has 0 atom stereocenters. The molecular formula is C18H19N3O3. The average molecular weight is 325 g/mol. The van der Waals surface area contributed by atoms with Crippen molar-refractivity contribution in [1.82, 2.24) is 9.97 Å². The van der Waals surface area contributed by atoms with E-state index in [1.165, 1.54) is 14.2 Å². The van der Waals surface area contributed by atoms with E-state index in [1.54, 1.807) is 12.1 Å². The molecule has 1 aromatic heterocycles. The predicted molar refractivity (Wildman–Crippen MR) is 93.4 cm³/mol. The number of H-pyrrole nitrogens is 1. The molecule has 4 N–H and O–H groups in total. The van der Waals surface area contributed by atoms with Crippen LogP contribution in [-0.2, 0) is 0 Å². The maximum absolute atomic E-state index is 10.0. The molecule has 0 aliphatic carbocycles. The van der Waals surface area contributed by atoms with Crippen LogP contribution in [0.3, 0.4) is 0 Å². The summed E-state index contributed by atoms with van der Waals surface area (Å²) in [7, 11) is 2.98. The summed E-state index contributed by atoms with van der Waals surface area (Å²) < 4.78 is 10.4. The summed E-state index contributed by atoms with van der Waals surface area (Å²) in [6.07, 6.45) is 0. The van der Waals surface area contributed by atoms with Crippen LogP contribution in [0.15, 0.2) is 36.4 Å². The van der Waals surface area contributed by atoms with E-state index in [-0.39, 0.29) is 5.75 Å². The van der Waals surface area contributed by atoms with Crippen LogP contribution in [0.1, 0.15) is 5.69 Å². The van der Waals surface area contributed by atoms with Crippen molar-refractivity contribution in [2.75, 3.05) is 20.0 Å². The van der Waals surface area contributed by atoms with Crippen LogP contribution in [0.2, 0.25) is 0 Å². The number of anilines is 1. The monoisotopic (exact) mass is 325 g/mol. The fourth-order valence-corrected chi connectivity index (χ4v) is 2.55. The molecule has 2 aromatic carbocycles. The number of nitrogens with one attached hydrogen (secondary N) is 1. The summed E-state index contributed by atoms with van der Waals surface area (Å²) in [5.74, 6) is 1.28. The lowest BCUT2D eigenvalue weighted by Gasteiger charge is -2.10. The van der Waals surface area contributed by atoms with Gasteiger partial charge in [-0.05, 0) is 31.2 Å². The van der Waals surface area contributed by atoms with E-state index in [1.807, 2.05) is 31.2 Å². The van der Waals surface area contributed by atoms with E-state index < -0.39 is 0 Å². The van der Waals surface area contributed by atoms with E-state index in [9.17, 15) is 5.11 Å². The Hall–Kier alpha value is -3.15. The van der Waals surface area contributed by atoms with E-state index in [0.717, 1.165) is 22.5 Å². The molecule has 0 unspecified atom stereocenters. The molecule has 0 saturated carbocycles. The molecular weight excluding hydrogens is 306 g/mol. The van der Waals surface area contributed by atoms with Crippen molar-refractivity contribution in [3.63, 3.8) is 0 Å². The SMILES string of the molecule is COc1cc(-c2nc(-c3ccc(N)cc3)c(C)[nH]2)cc(OC)c1O. The van der Waals surface area contributed by atoms with Crippen molar-refractivity contribution in [2.45, 2.75) is 6.92 Å². The Labute approximate surface area is 139 Å². The first kappa shape index (κ1) is 15.7. The zero-order valence-electron chi connectivity index (χ0n) is 13.8. The second-order valence-corrected chi connectivity index (χ2v) is 5.41. The van der Waals surface area contributed by atoms with Gasteiger partial charge in [0.25, 0.3) is 0 Å². The molecule has 1 heterocycles. The van der Waals surface area contributed by atoms with Gasteiger partial charge in [-0.3, -0.25) is 0 Å². The lowest BCUT2D eigenvalue weighted by Crippen LogP contribution is -1.91. The minimum atomic E-state index is -0.0363. The molecule has 0 spiro atoms. The molecule has 124 valence electrons. The number of aromatic nitrogens is 2. The number of hydrogen-bond donors (Lipinski definition) is 3. The van der Waals surface area contributed by atoms with Crippen LogP contribution >= 0.6 is 0 Å². The van der Waals surface area contributed by atoms with Gasteiger partial charge in [-0.15, -0.1) is 0 Å². The smallest absolute Gasteiger partial charge is 0.200 e. The summed E-state index contributed by atoms with van der Waals surface area (Å²) >= 11 is 0. The first-order valence-electron chi connectivity index (χ1n) is 7.41. The number of benzene rings is 2. The zero-order chi connectivity index (χ0) is 17.3. The van der Waals surface area contributed by atoms with Crippen LogP contribution in [0.4, 0.5) is 5.69 Å². The van der Waals surface area contributed by atoms with Gasteiger partial charge in [0.2, 0.25) is 5.75 Å². The number of phenolic OH excluding ortho intramolecular Hbond substituents is 1. The number of imidazole rings is 1. The third-order valence-corrected chi connectivity index (χ3v) is 3.82. The highest BCUT2D eigenvalue weighted by Gasteiger charge is 2.16. The molecule has 6 heteroatoms. The molecule has 0 bridgehead atoms. The standard InChI is InChI=1S/C18H19N3O3/c1-10-16(11-4-6-13(19)7-5-11)21-18(20-10)12-8-14(23-2)17(22)15(9-12)24-3/h4-9,22H,19H2,1-3H3,(H,20,21). The maximum atomic E-state index is 10.0.